The summed E-state index contributed by atoms with van der Waals surface area (Å²) in [6.45, 7) is 3.63. The Kier molecular flexibility index (Phi) is 4.11. The fourth-order valence-corrected chi connectivity index (χ4v) is 2.81. The fraction of sp³-hybridized carbons (Fsp3) is 0.333. The maximum absolute atomic E-state index is 9.84. The van der Waals surface area contributed by atoms with E-state index in [0.29, 0.717) is 12.3 Å². The maximum Gasteiger partial charge on any atom is 0.122 e. The highest BCUT2D eigenvalue weighted by atomic mass is 16.5. The van der Waals surface area contributed by atoms with Gasteiger partial charge < -0.3 is 15.2 Å². The van der Waals surface area contributed by atoms with Gasteiger partial charge in [0.05, 0.1) is 6.61 Å². The maximum atomic E-state index is 9.84. The number of fused-ring (bicyclic) bond motifs is 1. The molecule has 0 fully saturated rings. The molecule has 110 valence electrons. The summed E-state index contributed by atoms with van der Waals surface area (Å²) in [5.74, 6) is 1.37. The van der Waals surface area contributed by atoms with Crippen LogP contribution in [0.1, 0.15) is 36.1 Å². The van der Waals surface area contributed by atoms with Crippen LogP contribution >= 0.6 is 0 Å². The normalized spacial score (nSPS) is 14.5. The number of para-hydroxylation sites is 1. The second kappa shape index (κ2) is 6.19. The van der Waals surface area contributed by atoms with Crippen molar-refractivity contribution in [2.45, 2.75) is 32.4 Å². The number of ether oxygens (including phenoxy) is 1. The minimum Gasteiger partial charge on any atom is -0.508 e. The highest BCUT2D eigenvalue weighted by Gasteiger charge is 2.16. The molecule has 2 aromatic carbocycles. The Hall–Kier alpha value is -2.00. The standard InChI is InChI=1S/C18H21NO2/c1-2-16(19-12-15-5-3-4-6-17(15)20)13-7-8-18-14(11-13)9-10-21-18/h3-8,11,16,19-20H,2,9-10,12H2,1H3. The monoisotopic (exact) mass is 283 g/mol. The largest absolute Gasteiger partial charge is 0.508 e. The third-order valence-electron chi connectivity index (χ3n) is 4.05. The number of phenols is 1. The molecule has 0 aliphatic carbocycles. The van der Waals surface area contributed by atoms with Gasteiger partial charge in [-0.05, 0) is 29.7 Å². The third kappa shape index (κ3) is 3.03. The van der Waals surface area contributed by atoms with Gasteiger partial charge in [-0.2, -0.15) is 0 Å². The van der Waals surface area contributed by atoms with Gasteiger partial charge in [0.15, 0.2) is 0 Å². The number of benzene rings is 2. The van der Waals surface area contributed by atoms with E-state index in [-0.39, 0.29) is 6.04 Å². The predicted octanol–water partition coefficient (Wildman–Crippen LogP) is 3.57. The molecular weight excluding hydrogens is 262 g/mol. The van der Waals surface area contributed by atoms with Crippen molar-refractivity contribution in [3.05, 3.63) is 59.2 Å². The Morgan fingerprint density at radius 3 is 2.90 bits per heavy atom. The van der Waals surface area contributed by atoms with Gasteiger partial charge in [-0.25, -0.2) is 0 Å². The summed E-state index contributed by atoms with van der Waals surface area (Å²) < 4.78 is 5.56. The van der Waals surface area contributed by atoms with E-state index in [9.17, 15) is 5.11 Å². The van der Waals surface area contributed by atoms with Crippen LogP contribution in [0.3, 0.4) is 0 Å². The number of hydrogen-bond donors (Lipinski definition) is 2. The van der Waals surface area contributed by atoms with Crippen LogP contribution < -0.4 is 10.1 Å². The summed E-state index contributed by atoms with van der Waals surface area (Å²) >= 11 is 0. The number of phenolic OH excluding ortho intramolecular Hbond substituents is 1. The Morgan fingerprint density at radius 2 is 2.10 bits per heavy atom. The van der Waals surface area contributed by atoms with Crippen molar-refractivity contribution in [1.82, 2.24) is 5.32 Å². The molecule has 2 aromatic rings. The summed E-state index contributed by atoms with van der Waals surface area (Å²) in [5, 5.41) is 13.4. The lowest BCUT2D eigenvalue weighted by atomic mass is 10.0. The SMILES string of the molecule is CCC(NCc1ccccc1O)c1ccc2c(c1)CCO2. The quantitative estimate of drug-likeness (QED) is 0.881. The lowest BCUT2D eigenvalue weighted by Gasteiger charge is -2.18. The first-order chi connectivity index (χ1) is 10.3. The summed E-state index contributed by atoms with van der Waals surface area (Å²) in [6, 6.07) is 14.2. The molecule has 1 atom stereocenters. The number of hydrogen-bond acceptors (Lipinski definition) is 3. The van der Waals surface area contributed by atoms with Crippen molar-refractivity contribution in [2.24, 2.45) is 0 Å². The second-order valence-electron chi connectivity index (χ2n) is 5.44. The van der Waals surface area contributed by atoms with Gasteiger partial charge in [0.1, 0.15) is 11.5 Å². The van der Waals surface area contributed by atoms with Crippen LogP contribution in [0.5, 0.6) is 11.5 Å². The third-order valence-corrected chi connectivity index (χ3v) is 4.05. The van der Waals surface area contributed by atoms with E-state index >= 15 is 0 Å². The zero-order valence-corrected chi connectivity index (χ0v) is 12.3. The van der Waals surface area contributed by atoms with Crippen molar-refractivity contribution in [3.63, 3.8) is 0 Å². The van der Waals surface area contributed by atoms with Gasteiger partial charge >= 0.3 is 0 Å². The average Bonchev–Trinajstić information content (AvgIpc) is 2.97. The molecule has 0 amide bonds. The molecule has 0 bridgehead atoms. The van der Waals surface area contributed by atoms with E-state index < -0.39 is 0 Å². The molecule has 0 saturated heterocycles. The molecule has 0 saturated carbocycles. The summed E-state index contributed by atoms with van der Waals surface area (Å²) in [4.78, 5) is 0. The molecule has 3 rings (SSSR count). The molecule has 0 radical (unpaired) electrons. The van der Waals surface area contributed by atoms with Crippen LogP contribution in [0, 0.1) is 0 Å². The first kappa shape index (κ1) is 14.0. The molecule has 1 heterocycles. The molecule has 21 heavy (non-hydrogen) atoms. The van der Waals surface area contributed by atoms with Crippen molar-refractivity contribution in [2.75, 3.05) is 6.61 Å². The van der Waals surface area contributed by atoms with E-state index in [1.54, 1.807) is 6.07 Å². The Labute approximate surface area is 125 Å². The summed E-state index contributed by atoms with van der Waals surface area (Å²) in [6.07, 6.45) is 2.01. The fourth-order valence-electron chi connectivity index (χ4n) is 2.81. The van der Waals surface area contributed by atoms with Gasteiger partial charge in [-0.15, -0.1) is 0 Å². The summed E-state index contributed by atoms with van der Waals surface area (Å²) in [5.41, 5.74) is 3.52. The van der Waals surface area contributed by atoms with Crippen LogP contribution in [0.4, 0.5) is 0 Å². The smallest absolute Gasteiger partial charge is 0.122 e. The molecule has 0 spiro atoms. The van der Waals surface area contributed by atoms with Gasteiger partial charge in [0, 0.05) is 24.6 Å². The zero-order valence-electron chi connectivity index (χ0n) is 12.3. The number of rotatable bonds is 5. The molecule has 1 aliphatic heterocycles. The number of nitrogens with one attached hydrogen (secondary N) is 1. The van der Waals surface area contributed by atoms with Crippen LogP contribution in [0.15, 0.2) is 42.5 Å². The van der Waals surface area contributed by atoms with Crippen LogP contribution in [0.25, 0.3) is 0 Å². The Morgan fingerprint density at radius 1 is 1.24 bits per heavy atom. The van der Waals surface area contributed by atoms with Gasteiger partial charge in [-0.1, -0.05) is 37.3 Å². The average molecular weight is 283 g/mol. The molecule has 3 nitrogen and oxygen atoms in total. The van der Waals surface area contributed by atoms with Crippen LogP contribution in [0.2, 0.25) is 0 Å². The minimum absolute atomic E-state index is 0.288. The summed E-state index contributed by atoms with van der Waals surface area (Å²) in [7, 11) is 0. The second-order valence-corrected chi connectivity index (χ2v) is 5.44. The van der Waals surface area contributed by atoms with Crippen molar-refractivity contribution < 1.29 is 9.84 Å². The zero-order chi connectivity index (χ0) is 14.7. The lowest BCUT2D eigenvalue weighted by molar-refractivity contribution is 0.356. The highest BCUT2D eigenvalue weighted by molar-refractivity contribution is 5.41. The van der Waals surface area contributed by atoms with Crippen molar-refractivity contribution in [3.8, 4) is 11.5 Å². The molecule has 2 N–H and O–H groups in total. The Bertz CT molecular complexity index is 624. The van der Waals surface area contributed by atoms with E-state index in [1.807, 2.05) is 18.2 Å². The van der Waals surface area contributed by atoms with Gasteiger partial charge in [-0.3, -0.25) is 0 Å². The molecule has 0 aromatic heterocycles. The molecule has 3 heteroatoms. The Balaban J connectivity index is 1.72. The van der Waals surface area contributed by atoms with Crippen LogP contribution in [-0.2, 0) is 13.0 Å². The van der Waals surface area contributed by atoms with E-state index in [4.69, 9.17) is 4.74 Å². The minimum atomic E-state index is 0.288. The first-order valence-electron chi connectivity index (χ1n) is 7.54. The van der Waals surface area contributed by atoms with Gasteiger partial charge in [0.2, 0.25) is 0 Å². The topological polar surface area (TPSA) is 41.5 Å². The van der Waals surface area contributed by atoms with Crippen molar-refractivity contribution >= 4 is 0 Å². The van der Waals surface area contributed by atoms with E-state index in [2.05, 4.69) is 30.4 Å². The van der Waals surface area contributed by atoms with E-state index in [0.717, 1.165) is 30.8 Å². The van der Waals surface area contributed by atoms with Gasteiger partial charge in [0.25, 0.3) is 0 Å². The highest BCUT2D eigenvalue weighted by Crippen LogP contribution is 2.29. The molecular formula is C18H21NO2. The van der Waals surface area contributed by atoms with Crippen LogP contribution in [-0.4, -0.2) is 11.7 Å². The van der Waals surface area contributed by atoms with E-state index in [1.165, 1.54) is 11.1 Å². The van der Waals surface area contributed by atoms with Crippen molar-refractivity contribution in [1.29, 1.82) is 0 Å². The lowest BCUT2D eigenvalue weighted by Crippen LogP contribution is -2.20. The molecule has 1 aliphatic rings. The molecule has 1 unspecified atom stereocenters. The number of aromatic hydroxyl groups is 1. The first-order valence-corrected chi connectivity index (χ1v) is 7.54. The predicted molar refractivity (Wildman–Crippen MR) is 83.6 cm³/mol.